The third kappa shape index (κ3) is 2.43. The maximum absolute atomic E-state index is 12.4. The summed E-state index contributed by atoms with van der Waals surface area (Å²) in [6.07, 6.45) is 1.64. The number of pyridine rings is 1. The number of phenolic OH excluding ortho intramolecular Hbond substituents is 1. The molecule has 0 saturated carbocycles. The minimum atomic E-state index is -0.358. The topological polar surface area (TPSA) is 66.6 Å². The number of rotatable bonds is 2. The fourth-order valence-corrected chi connectivity index (χ4v) is 2.33. The van der Waals surface area contributed by atoms with Crippen LogP contribution in [0.2, 0.25) is 5.02 Å². The van der Waals surface area contributed by atoms with Crippen LogP contribution in [0.25, 0.3) is 5.65 Å². The number of aryl methyl sites for hydroxylation is 1. The van der Waals surface area contributed by atoms with Gasteiger partial charge in [-0.25, -0.2) is 4.98 Å². The van der Waals surface area contributed by atoms with Gasteiger partial charge in [0.25, 0.3) is 5.91 Å². The zero-order valence-electron chi connectivity index (χ0n) is 11.2. The lowest BCUT2D eigenvalue weighted by Crippen LogP contribution is -2.15. The molecule has 0 bridgehead atoms. The van der Waals surface area contributed by atoms with Crippen molar-refractivity contribution >= 4 is 28.8 Å². The lowest BCUT2D eigenvalue weighted by atomic mass is 10.2. The number of benzene rings is 1. The van der Waals surface area contributed by atoms with E-state index in [1.165, 1.54) is 6.07 Å². The van der Waals surface area contributed by atoms with Crippen LogP contribution in [0.15, 0.2) is 42.6 Å². The van der Waals surface area contributed by atoms with Gasteiger partial charge in [0.15, 0.2) is 0 Å². The molecule has 2 aromatic heterocycles. The highest BCUT2D eigenvalue weighted by Crippen LogP contribution is 2.23. The molecule has 2 N–H and O–H groups in total. The minimum absolute atomic E-state index is 0.00959. The summed E-state index contributed by atoms with van der Waals surface area (Å²) in [5, 5.41) is 12.9. The van der Waals surface area contributed by atoms with Crippen molar-refractivity contribution in [1.29, 1.82) is 0 Å². The predicted octanol–water partition coefficient (Wildman–Crippen LogP) is 3.25. The smallest absolute Gasteiger partial charge is 0.274 e. The Morgan fingerprint density at radius 1 is 1.29 bits per heavy atom. The number of amides is 1. The Morgan fingerprint density at radius 2 is 2.05 bits per heavy atom. The maximum Gasteiger partial charge on any atom is 0.274 e. The second-order valence-corrected chi connectivity index (χ2v) is 5.03. The molecular formula is C15H12ClN3O2. The van der Waals surface area contributed by atoms with E-state index < -0.39 is 0 Å². The summed E-state index contributed by atoms with van der Waals surface area (Å²) in [4.78, 5) is 16.8. The molecule has 0 aliphatic carbocycles. The van der Waals surface area contributed by atoms with Crippen LogP contribution in [0, 0.1) is 6.92 Å². The molecule has 3 aromatic rings. The lowest BCUT2D eigenvalue weighted by Gasteiger charge is -2.07. The van der Waals surface area contributed by atoms with Gasteiger partial charge in [-0.1, -0.05) is 23.7 Å². The SMILES string of the molecule is Cc1nc2ccc(Cl)cn2c1C(=O)Nc1ccccc1O. The number of para-hydroxylation sites is 2. The van der Waals surface area contributed by atoms with Gasteiger partial charge >= 0.3 is 0 Å². The summed E-state index contributed by atoms with van der Waals surface area (Å²) in [6.45, 7) is 1.75. The molecule has 5 nitrogen and oxygen atoms in total. The van der Waals surface area contributed by atoms with Crippen LogP contribution >= 0.6 is 11.6 Å². The fourth-order valence-electron chi connectivity index (χ4n) is 2.17. The number of hydrogen-bond donors (Lipinski definition) is 2. The normalized spacial score (nSPS) is 10.8. The van der Waals surface area contributed by atoms with Crippen molar-refractivity contribution in [3.05, 3.63) is 59.0 Å². The number of fused-ring (bicyclic) bond motifs is 1. The zero-order valence-corrected chi connectivity index (χ0v) is 11.9. The Balaban J connectivity index is 2.04. The highest BCUT2D eigenvalue weighted by Gasteiger charge is 2.17. The van der Waals surface area contributed by atoms with Crippen molar-refractivity contribution in [2.24, 2.45) is 0 Å². The Hall–Kier alpha value is -2.53. The zero-order chi connectivity index (χ0) is 15.0. The molecule has 3 rings (SSSR count). The van der Waals surface area contributed by atoms with Crippen molar-refractivity contribution in [3.63, 3.8) is 0 Å². The Kier molecular flexibility index (Phi) is 3.27. The number of hydrogen-bond acceptors (Lipinski definition) is 3. The Morgan fingerprint density at radius 3 is 2.81 bits per heavy atom. The van der Waals surface area contributed by atoms with Crippen molar-refractivity contribution in [3.8, 4) is 5.75 Å². The average molecular weight is 302 g/mol. The number of aromatic hydroxyl groups is 1. The van der Waals surface area contributed by atoms with Gasteiger partial charge < -0.3 is 10.4 Å². The number of anilines is 1. The molecule has 0 spiro atoms. The minimum Gasteiger partial charge on any atom is -0.506 e. The van der Waals surface area contributed by atoms with Crippen molar-refractivity contribution in [2.75, 3.05) is 5.32 Å². The third-order valence-electron chi connectivity index (χ3n) is 3.12. The summed E-state index contributed by atoms with van der Waals surface area (Å²) >= 11 is 5.97. The van der Waals surface area contributed by atoms with Crippen molar-refractivity contribution in [2.45, 2.75) is 6.92 Å². The predicted molar refractivity (Wildman–Crippen MR) is 81.0 cm³/mol. The van der Waals surface area contributed by atoms with Crippen LogP contribution in [0.4, 0.5) is 5.69 Å². The number of aromatic nitrogens is 2. The maximum atomic E-state index is 12.4. The Labute approximate surface area is 125 Å². The molecule has 21 heavy (non-hydrogen) atoms. The Bertz CT molecular complexity index is 842. The molecule has 1 amide bonds. The molecule has 0 radical (unpaired) electrons. The summed E-state index contributed by atoms with van der Waals surface area (Å²) in [5.74, 6) is -0.348. The number of carbonyl (C=O) groups is 1. The molecule has 0 atom stereocenters. The van der Waals surface area contributed by atoms with Gasteiger partial charge in [0.2, 0.25) is 0 Å². The summed E-state index contributed by atoms with van der Waals surface area (Å²) < 4.78 is 1.63. The number of halogens is 1. The van der Waals surface area contributed by atoms with Gasteiger partial charge in [-0.2, -0.15) is 0 Å². The molecule has 0 aliphatic heterocycles. The van der Waals surface area contributed by atoms with Crippen molar-refractivity contribution in [1.82, 2.24) is 9.38 Å². The van der Waals surface area contributed by atoms with Gasteiger partial charge in [-0.15, -0.1) is 0 Å². The number of nitrogens with one attached hydrogen (secondary N) is 1. The third-order valence-corrected chi connectivity index (χ3v) is 3.35. The number of imidazole rings is 1. The number of carbonyl (C=O) groups excluding carboxylic acids is 1. The van der Waals surface area contributed by atoms with E-state index >= 15 is 0 Å². The van der Waals surface area contributed by atoms with E-state index in [9.17, 15) is 9.90 Å². The van der Waals surface area contributed by atoms with Gasteiger partial charge in [-0.05, 0) is 31.2 Å². The van der Waals surface area contributed by atoms with Gasteiger partial charge in [0.1, 0.15) is 17.1 Å². The molecular weight excluding hydrogens is 290 g/mol. The first kappa shape index (κ1) is 13.5. The van der Waals surface area contributed by atoms with Crippen LogP contribution < -0.4 is 5.32 Å². The second-order valence-electron chi connectivity index (χ2n) is 4.59. The number of nitrogens with zero attached hydrogens (tertiary/aromatic N) is 2. The van der Waals surface area contributed by atoms with Crippen LogP contribution in [0.3, 0.4) is 0 Å². The van der Waals surface area contributed by atoms with Gasteiger partial charge in [0, 0.05) is 6.20 Å². The standard InChI is InChI=1S/C15H12ClN3O2/c1-9-14(19-8-10(16)6-7-13(19)17-9)15(21)18-11-4-2-3-5-12(11)20/h2-8,20H,1H3,(H,18,21). The molecule has 6 heteroatoms. The van der Waals surface area contributed by atoms with E-state index in [2.05, 4.69) is 10.3 Å². The second kappa shape index (κ2) is 5.10. The first-order valence-electron chi connectivity index (χ1n) is 6.30. The fraction of sp³-hybridized carbons (Fsp3) is 0.0667. The van der Waals surface area contributed by atoms with E-state index in [-0.39, 0.29) is 11.7 Å². The molecule has 0 aliphatic rings. The van der Waals surface area contributed by atoms with E-state index in [0.29, 0.717) is 27.7 Å². The summed E-state index contributed by atoms with van der Waals surface area (Å²) in [6, 6.07) is 10.0. The van der Waals surface area contributed by atoms with Crippen LogP contribution in [-0.2, 0) is 0 Å². The molecule has 1 aromatic carbocycles. The van der Waals surface area contributed by atoms with Crippen LogP contribution in [0.5, 0.6) is 5.75 Å². The molecule has 106 valence electrons. The van der Waals surface area contributed by atoms with Gasteiger partial charge in [0.05, 0.1) is 16.4 Å². The van der Waals surface area contributed by atoms with Gasteiger partial charge in [-0.3, -0.25) is 9.20 Å². The average Bonchev–Trinajstić information content (AvgIpc) is 2.76. The molecule has 2 heterocycles. The van der Waals surface area contributed by atoms with E-state index in [0.717, 1.165) is 0 Å². The monoisotopic (exact) mass is 301 g/mol. The highest BCUT2D eigenvalue weighted by atomic mass is 35.5. The van der Waals surface area contributed by atoms with Crippen LogP contribution in [-0.4, -0.2) is 20.4 Å². The molecule has 0 saturated heterocycles. The first-order chi connectivity index (χ1) is 10.1. The molecule has 0 unspecified atom stereocenters. The lowest BCUT2D eigenvalue weighted by molar-refractivity contribution is 0.102. The number of phenols is 1. The summed E-state index contributed by atoms with van der Waals surface area (Å²) in [7, 11) is 0. The van der Waals surface area contributed by atoms with E-state index in [4.69, 9.17) is 11.6 Å². The van der Waals surface area contributed by atoms with Crippen molar-refractivity contribution < 1.29 is 9.90 Å². The first-order valence-corrected chi connectivity index (χ1v) is 6.67. The van der Waals surface area contributed by atoms with Crippen LogP contribution in [0.1, 0.15) is 16.2 Å². The summed E-state index contributed by atoms with van der Waals surface area (Å²) in [5.41, 5.74) is 1.96. The highest BCUT2D eigenvalue weighted by molar-refractivity contribution is 6.30. The quantitative estimate of drug-likeness (QED) is 0.714. The van der Waals surface area contributed by atoms with E-state index in [1.54, 1.807) is 47.9 Å². The molecule has 0 fully saturated rings. The van der Waals surface area contributed by atoms with E-state index in [1.807, 2.05) is 0 Å². The largest absolute Gasteiger partial charge is 0.506 e.